The predicted molar refractivity (Wildman–Crippen MR) is 53.1 cm³/mol. The summed E-state index contributed by atoms with van der Waals surface area (Å²) in [5.74, 6) is -0.338. The molecule has 0 saturated carbocycles. The summed E-state index contributed by atoms with van der Waals surface area (Å²) in [4.78, 5) is 20.6. The molecule has 0 saturated heterocycles. The van der Waals surface area contributed by atoms with E-state index < -0.39 is 4.92 Å². The highest BCUT2D eigenvalue weighted by molar-refractivity contribution is 5.91. The minimum absolute atomic E-state index is 0.267. The first-order chi connectivity index (χ1) is 7.13. The van der Waals surface area contributed by atoms with Crippen molar-refractivity contribution in [2.45, 2.75) is 6.92 Å². The molecule has 0 spiro atoms. The lowest BCUT2D eigenvalue weighted by atomic mass is 10.4. The summed E-state index contributed by atoms with van der Waals surface area (Å²) in [6.07, 6.45) is 2.63. The van der Waals surface area contributed by atoms with Crippen molar-refractivity contribution in [3.63, 3.8) is 0 Å². The van der Waals surface area contributed by atoms with Crippen LogP contribution in [0.15, 0.2) is 22.6 Å². The molecular weight excluding hydrogens is 200 g/mol. The van der Waals surface area contributed by atoms with Crippen LogP contribution in [-0.2, 0) is 4.79 Å². The molecule has 6 nitrogen and oxygen atoms in total. The summed E-state index contributed by atoms with van der Waals surface area (Å²) >= 11 is 0. The zero-order valence-corrected chi connectivity index (χ0v) is 8.10. The third-order valence-electron chi connectivity index (χ3n) is 1.54. The topological polar surface area (TPSA) is 85.4 Å². The normalized spacial score (nSPS) is 10.5. The molecule has 0 atom stereocenters. The summed E-state index contributed by atoms with van der Waals surface area (Å²) in [5, 5.41) is 12.8. The van der Waals surface area contributed by atoms with Gasteiger partial charge in [0.15, 0.2) is 0 Å². The molecule has 80 valence electrons. The number of hydrogen-bond donors (Lipinski definition) is 1. The summed E-state index contributed by atoms with van der Waals surface area (Å²) in [5.41, 5.74) is 0. The molecule has 1 N–H and O–H groups in total. The van der Waals surface area contributed by atoms with Gasteiger partial charge < -0.3 is 9.73 Å². The van der Waals surface area contributed by atoms with Gasteiger partial charge >= 0.3 is 5.88 Å². The molecule has 1 aromatic rings. The van der Waals surface area contributed by atoms with E-state index in [9.17, 15) is 14.9 Å². The summed E-state index contributed by atoms with van der Waals surface area (Å²) in [7, 11) is 0. The second-order valence-electron chi connectivity index (χ2n) is 2.66. The number of carbonyl (C=O) groups is 1. The smallest absolute Gasteiger partial charge is 0.401 e. The highest BCUT2D eigenvalue weighted by Gasteiger charge is 2.09. The Hall–Kier alpha value is -2.11. The van der Waals surface area contributed by atoms with Crippen LogP contribution >= 0.6 is 0 Å². The second kappa shape index (κ2) is 4.94. The molecule has 15 heavy (non-hydrogen) atoms. The van der Waals surface area contributed by atoms with Crippen LogP contribution in [0.2, 0.25) is 0 Å². The number of furan rings is 1. The fourth-order valence-electron chi connectivity index (χ4n) is 0.921. The van der Waals surface area contributed by atoms with Crippen molar-refractivity contribution in [3.05, 3.63) is 34.1 Å². The van der Waals surface area contributed by atoms with E-state index in [2.05, 4.69) is 5.32 Å². The molecular formula is C9H10N2O4. The average molecular weight is 210 g/mol. The number of nitro groups is 1. The maximum Gasteiger partial charge on any atom is 0.433 e. The number of nitrogens with zero attached hydrogens (tertiary/aromatic N) is 1. The minimum atomic E-state index is -0.635. The van der Waals surface area contributed by atoms with Crippen LogP contribution in [0.25, 0.3) is 6.08 Å². The SMILES string of the molecule is CCNC(=O)C=Cc1ccc([N+](=O)[O-])o1. The number of amides is 1. The minimum Gasteiger partial charge on any atom is -0.401 e. The van der Waals surface area contributed by atoms with Crippen LogP contribution in [0, 0.1) is 10.1 Å². The maximum atomic E-state index is 11.0. The molecule has 0 aliphatic rings. The number of rotatable bonds is 4. The molecule has 0 radical (unpaired) electrons. The summed E-state index contributed by atoms with van der Waals surface area (Å²) < 4.78 is 4.81. The van der Waals surface area contributed by atoms with E-state index in [1.165, 1.54) is 24.3 Å². The molecule has 1 aromatic heterocycles. The van der Waals surface area contributed by atoms with Crippen molar-refractivity contribution >= 4 is 17.9 Å². The second-order valence-corrected chi connectivity index (χ2v) is 2.66. The van der Waals surface area contributed by atoms with Gasteiger partial charge in [-0.2, -0.15) is 0 Å². The van der Waals surface area contributed by atoms with Crippen LogP contribution in [0.3, 0.4) is 0 Å². The Balaban J connectivity index is 2.64. The predicted octanol–water partition coefficient (Wildman–Crippen LogP) is 1.34. The molecule has 1 rings (SSSR count). The Morgan fingerprint density at radius 1 is 1.67 bits per heavy atom. The van der Waals surface area contributed by atoms with E-state index in [-0.39, 0.29) is 17.6 Å². The third kappa shape index (κ3) is 3.26. The summed E-state index contributed by atoms with van der Waals surface area (Å²) in [6, 6.07) is 2.66. The highest BCUT2D eigenvalue weighted by Crippen LogP contribution is 2.16. The van der Waals surface area contributed by atoms with Crippen molar-refractivity contribution in [2.24, 2.45) is 0 Å². The number of nitrogens with one attached hydrogen (secondary N) is 1. The van der Waals surface area contributed by atoms with Crippen molar-refractivity contribution in [3.8, 4) is 0 Å². The van der Waals surface area contributed by atoms with Gasteiger partial charge in [0.25, 0.3) is 0 Å². The molecule has 6 heteroatoms. The first-order valence-electron chi connectivity index (χ1n) is 4.33. The Morgan fingerprint density at radius 2 is 2.40 bits per heavy atom. The molecule has 0 aromatic carbocycles. The molecule has 0 aliphatic carbocycles. The van der Waals surface area contributed by atoms with Gasteiger partial charge in [-0.1, -0.05) is 0 Å². The monoisotopic (exact) mass is 210 g/mol. The van der Waals surface area contributed by atoms with E-state index in [4.69, 9.17) is 4.42 Å². The van der Waals surface area contributed by atoms with E-state index in [0.717, 1.165) is 0 Å². The van der Waals surface area contributed by atoms with Crippen LogP contribution in [0.5, 0.6) is 0 Å². The Morgan fingerprint density at radius 3 is 2.93 bits per heavy atom. The Kier molecular flexibility index (Phi) is 3.61. The molecule has 0 aliphatic heterocycles. The fraction of sp³-hybridized carbons (Fsp3) is 0.222. The first-order valence-corrected chi connectivity index (χ1v) is 4.33. The van der Waals surface area contributed by atoms with Crippen molar-refractivity contribution < 1.29 is 14.1 Å². The molecule has 1 amide bonds. The lowest BCUT2D eigenvalue weighted by Crippen LogP contribution is -2.19. The number of hydrogen-bond acceptors (Lipinski definition) is 4. The van der Waals surface area contributed by atoms with Gasteiger partial charge in [0, 0.05) is 12.6 Å². The Labute approximate surface area is 85.7 Å². The number of likely N-dealkylation sites (N-methyl/N-ethyl adjacent to an activating group) is 1. The fourth-order valence-corrected chi connectivity index (χ4v) is 0.921. The van der Waals surface area contributed by atoms with Crippen molar-refractivity contribution in [1.82, 2.24) is 5.32 Å². The van der Waals surface area contributed by atoms with Gasteiger partial charge in [0.2, 0.25) is 5.91 Å². The van der Waals surface area contributed by atoms with E-state index >= 15 is 0 Å². The average Bonchev–Trinajstić information content (AvgIpc) is 2.63. The van der Waals surface area contributed by atoms with Gasteiger partial charge in [-0.3, -0.25) is 14.9 Å². The molecule has 1 heterocycles. The van der Waals surface area contributed by atoms with Crippen LogP contribution in [0.4, 0.5) is 5.88 Å². The van der Waals surface area contributed by atoms with E-state index in [1.807, 2.05) is 0 Å². The number of carbonyl (C=O) groups excluding carboxylic acids is 1. The zero-order chi connectivity index (χ0) is 11.3. The summed E-state index contributed by atoms with van der Waals surface area (Å²) in [6.45, 7) is 2.32. The van der Waals surface area contributed by atoms with Crippen molar-refractivity contribution in [2.75, 3.05) is 6.54 Å². The zero-order valence-electron chi connectivity index (χ0n) is 8.10. The molecule has 0 fully saturated rings. The first kappa shape index (κ1) is 11.0. The van der Waals surface area contributed by atoms with E-state index in [0.29, 0.717) is 6.54 Å². The Bertz CT molecular complexity index is 395. The van der Waals surface area contributed by atoms with Crippen LogP contribution < -0.4 is 5.32 Å². The van der Waals surface area contributed by atoms with Gasteiger partial charge in [-0.05, 0) is 19.1 Å². The van der Waals surface area contributed by atoms with Gasteiger partial charge in [0.1, 0.15) is 10.7 Å². The third-order valence-corrected chi connectivity index (χ3v) is 1.54. The maximum absolute atomic E-state index is 11.0. The van der Waals surface area contributed by atoms with Gasteiger partial charge in [-0.25, -0.2) is 0 Å². The quantitative estimate of drug-likeness (QED) is 0.461. The van der Waals surface area contributed by atoms with Crippen LogP contribution in [0.1, 0.15) is 12.7 Å². The van der Waals surface area contributed by atoms with Gasteiger partial charge in [0.05, 0.1) is 6.07 Å². The van der Waals surface area contributed by atoms with Crippen molar-refractivity contribution in [1.29, 1.82) is 0 Å². The molecule has 0 unspecified atom stereocenters. The largest absolute Gasteiger partial charge is 0.433 e. The lowest BCUT2D eigenvalue weighted by Gasteiger charge is -1.92. The van der Waals surface area contributed by atoms with Gasteiger partial charge in [-0.15, -0.1) is 0 Å². The standard InChI is InChI=1S/C9H10N2O4/c1-2-10-8(12)5-3-7-4-6-9(15-7)11(13)14/h3-6H,2H2,1H3,(H,10,12). The van der Waals surface area contributed by atoms with Crippen LogP contribution in [-0.4, -0.2) is 17.4 Å². The lowest BCUT2D eigenvalue weighted by molar-refractivity contribution is -0.402. The highest BCUT2D eigenvalue weighted by atomic mass is 16.6. The molecule has 0 bridgehead atoms. The van der Waals surface area contributed by atoms with E-state index in [1.54, 1.807) is 6.92 Å².